The molecule has 0 aliphatic carbocycles. The van der Waals surface area contributed by atoms with Gasteiger partial charge in [-0.25, -0.2) is 4.98 Å². The van der Waals surface area contributed by atoms with Gasteiger partial charge in [-0.15, -0.1) is 37.2 Å². The average molecular weight is 544 g/mol. The first-order valence-electron chi connectivity index (χ1n) is 10.3. The molecule has 0 radical (unpaired) electrons. The van der Waals surface area contributed by atoms with Gasteiger partial charge in [-0.1, -0.05) is 11.6 Å². The highest BCUT2D eigenvalue weighted by atomic mass is 35.5. The lowest BCUT2D eigenvalue weighted by Crippen LogP contribution is -2.29. The van der Waals surface area contributed by atoms with E-state index in [9.17, 15) is 0 Å². The number of halogens is 4. The summed E-state index contributed by atoms with van der Waals surface area (Å²) < 4.78 is 7.49. The number of nitrogens with one attached hydrogen (secondary N) is 1. The van der Waals surface area contributed by atoms with Crippen LogP contribution in [0.5, 0.6) is 5.75 Å². The van der Waals surface area contributed by atoms with Gasteiger partial charge in [-0.3, -0.25) is 9.67 Å². The molecule has 0 saturated carbocycles. The molecule has 1 fully saturated rings. The summed E-state index contributed by atoms with van der Waals surface area (Å²) >= 11 is 6.44. The minimum absolute atomic E-state index is 0. The zero-order valence-corrected chi connectivity index (χ0v) is 21.6. The van der Waals surface area contributed by atoms with Crippen LogP contribution in [0.4, 0.5) is 5.82 Å². The van der Waals surface area contributed by atoms with E-state index in [0.29, 0.717) is 22.6 Å². The summed E-state index contributed by atoms with van der Waals surface area (Å²) in [5.74, 6) is 1.14. The number of methoxy groups -OCH3 is 1. The van der Waals surface area contributed by atoms with Crippen molar-refractivity contribution in [3.05, 3.63) is 54.1 Å². The van der Waals surface area contributed by atoms with Gasteiger partial charge in [0, 0.05) is 51.1 Å². The van der Waals surface area contributed by atoms with Crippen molar-refractivity contribution in [1.82, 2.24) is 25.1 Å². The summed E-state index contributed by atoms with van der Waals surface area (Å²) in [4.78, 5) is 9.04. The standard InChI is InChI=1S/C23H23ClN6O.3ClH/c1-31-22-3-2-20(24)17-9-21(27-12-19(17)22)18-8-14(10-28-23(18)25)15-11-29-30(13-15)16-4-6-26-7-5-16;;;/h2-3,8-13,16,26H,4-7H2,1H3,(H2,25,28);3*1H. The van der Waals surface area contributed by atoms with E-state index in [2.05, 4.69) is 31.3 Å². The van der Waals surface area contributed by atoms with Gasteiger partial charge in [-0.05, 0) is 50.2 Å². The maximum Gasteiger partial charge on any atom is 0.132 e. The van der Waals surface area contributed by atoms with Gasteiger partial charge < -0.3 is 15.8 Å². The SMILES string of the molecule is COc1ccc(Cl)c2cc(-c3cc(-c4cnn(C5CCNCC5)c4)cnc3N)ncc12.Cl.Cl.Cl. The Balaban J connectivity index is 0.00000136. The molecule has 0 unspecified atom stereocenters. The molecule has 0 spiro atoms. The summed E-state index contributed by atoms with van der Waals surface area (Å²) in [6, 6.07) is 8.02. The molecular weight excluding hydrogens is 518 g/mol. The molecule has 1 aliphatic heterocycles. The zero-order chi connectivity index (χ0) is 21.4. The predicted molar refractivity (Wildman–Crippen MR) is 145 cm³/mol. The van der Waals surface area contributed by atoms with E-state index < -0.39 is 0 Å². The van der Waals surface area contributed by atoms with E-state index in [1.54, 1.807) is 19.5 Å². The van der Waals surface area contributed by atoms with Crippen molar-refractivity contribution >= 4 is 65.4 Å². The molecule has 1 aliphatic rings. The van der Waals surface area contributed by atoms with E-state index in [-0.39, 0.29) is 37.2 Å². The number of hydrogen-bond acceptors (Lipinski definition) is 6. The summed E-state index contributed by atoms with van der Waals surface area (Å²) in [5, 5.41) is 10.3. The Bertz CT molecular complexity index is 1260. The van der Waals surface area contributed by atoms with Crippen molar-refractivity contribution < 1.29 is 4.74 Å². The fourth-order valence-electron chi connectivity index (χ4n) is 4.10. The molecule has 0 atom stereocenters. The topological polar surface area (TPSA) is 90.9 Å². The normalized spacial score (nSPS) is 13.5. The number of nitrogen functional groups attached to an aromatic ring is 1. The fraction of sp³-hybridized carbons (Fsp3) is 0.261. The number of nitrogens with zero attached hydrogens (tertiary/aromatic N) is 4. The van der Waals surface area contributed by atoms with Crippen LogP contribution in [0.1, 0.15) is 18.9 Å². The second-order valence-corrected chi connectivity index (χ2v) is 8.12. The van der Waals surface area contributed by atoms with Gasteiger partial charge >= 0.3 is 0 Å². The monoisotopic (exact) mass is 542 g/mol. The van der Waals surface area contributed by atoms with Gasteiger partial charge in [0.2, 0.25) is 0 Å². The third kappa shape index (κ3) is 5.34. The van der Waals surface area contributed by atoms with Crippen molar-refractivity contribution in [2.24, 2.45) is 0 Å². The second kappa shape index (κ2) is 11.9. The molecule has 3 aromatic heterocycles. The van der Waals surface area contributed by atoms with Crippen LogP contribution in [0, 0.1) is 0 Å². The van der Waals surface area contributed by atoms with Gasteiger partial charge in [0.15, 0.2) is 0 Å². The number of fused-ring (bicyclic) bond motifs is 1. The molecule has 1 aromatic carbocycles. The van der Waals surface area contributed by atoms with Crippen molar-refractivity contribution in [2.75, 3.05) is 25.9 Å². The highest BCUT2D eigenvalue weighted by Gasteiger charge is 2.17. The molecule has 4 heterocycles. The van der Waals surface area contributed by atoms with Crippen molar-refractivity contribution in [2.45, 2.75) is 18.9 Å². The molecule has 3 N–H and O–H groups in total. The lowest BCUT2D eigenvalue weighted by molar-refractivity contribution is 0.343. The number of piperidine rings is 1. The van der Waals surface area contributed by atoms with Gasteiger partial charge in [-0.2, -0.15) is 5.10 Å². The highest BCUT2D eigenvalue weighted by molar-refractivity contribution is 6.35. The molecular formula is C23H26Cl4N6O. The number of ether oxygens (including phenoxy) is 1. The highest BCUT2D eigenvalue weighted by Crippen LogP contribution is 2.35. The number of pyridine rings is 2. The van der Waals surface area contributed by atoms with E-state index in [1.807, 2.05) is 30.5 Å². The maximum absolute atomic E-state index is 6.44. The largest absolute Gasteiger partial charge is 0.496 e. The Morgan fingerprint density at radius 2 is 1.76 bits per heavy atom. The van der Waals surface area contributed by atoms with Crippen molar-refractivity contribution in [3.63, 3.8) is 0 Å². The second-order valence-electron chi connectivity index (χ2n) is 7.71. The van der Waals surface area contributed by atoms with Gasteiger partial charge in [0.25, 0.3) is 0 Å². The Morgan fingerprint density at radius 1 is 1.00 bits per heavy atom. The molecule has 5 rings (SSSR count). The quantitative estimate of drug-likeness (QED) is 0.348. The smallest absolute Gasteiger partial charge is 0.132 e. The van der Waals surface area contributed by atoms with E-state index in [0.717, 1.165) is 59.1 Å². The molecule has 0 bridgehead atoms. The Kier molecular flexibility index (Phi) is 9.79. The Morgan fingerprint density at radius 3 is 2.50 bits per heavy atom. The number of rotatable bonds is 4. The Labute approximate surface area is 221 Å². The van der Waals surface area contributed by atoms with Crippen LogP contribution in [0.15, 0.2) is 49.1 Å². The van der Waals surface area contributed by atoms with Crippen molar-refractivity contribution in [3.8, 4) is 28.1 Å². The van der Waals surface area contributed by atoms with Crippen LogP contribution in [-0.2, 0) is 0 Å². The summed E-state index contributed by atoms with van der Waals surface area (Å²) in [6.45, 7) is 2.04. The van der Waals surface area contributed by atoms with Crippen LogP contribution in [-0.4, -0.2) is 39.9 Å². The lowest BCUT2D eigenvalue weighted by Gasteiger charge is -2.22. The number of hydrogen-bond donors (Lipinski definition) is 2. The molecule has 0 amide bonds. The third-order valence-electron chi connectivity index (χ3n) is 5.84. The number of anilines is 1. The van der Waals surface area contributed by atoms with Crippen LogP contribution >= 0.6 is 48.8 Å². The molecule has 34 heavy (non-hydrogen) atoms. The first-order valence-corrected chi connectivity index (χ1v) is 10.6. The van der Waals surface area contributed by atoms with Crippen LogP contribution < -0.4 is 15.8 Å². The average Bonchev–Trinajstić information content (AvgIpc) is 3.31. The van der Waals surface area contributed by atoms with E-state index in [1.165, 1.54) is 0 Å². The van der Waals surface area contributed by atoms with E-state index >= 15 is 0 Å². The zero-order valence-electron chi connectivity index (χ0n) is 18.4. The van der Waals surface area contributed by atoms with Gasteiger partial charge in [0.05, 0.1) is 25.0 Å². The van der Waals surface area contributed by atoms with Crippen LogP contribution in [0.25, 0.3) is 33.2 Å². The van der Waals surface area contributed by atoms with Crippen LogP contribution in [0.3, 0.4) is 0 Å². The van der Waals surface area contributed by atoms with E-state index in [4.69, 9.17) is 22.1 Å². The maximum atomic E-state index is 6.44. The number of benzene rings is 1. The van der Waals surface area contributed by atoms with Gasteiger partial charge in [0.1, 0.15) is 11.6 Å². The molecule has 1 saturated heterocycles. The summed E-state index contributed by atoms with van der Waals surface area (Å²) in [7, 11) is 1.63. The minimum atomic E-state index is 0. The first-order chi connectivity index (χ1) is 15.1. The minimum Gasteiger partial charge on any atom is -0.496 e. The summed E-state index contributed by atoms with van der Waals surface area (Å²) in [6.07, 6.45) is 9.67. The Hall–Kier alpha value is -2.29. The first kappa shape index (κ1) is 28.0. The molecule has 11 heteroatoms. The lowest BCUT2D eigenvalue weighted by atomic mass is 10.0. The molecule has 182 valence electrons. The van der Waals surface area contributed by atoms with Crippen molar-refractivity contribution in [1.29, 1.82) is 0 Å². The fourth-order valence-corrected chi connectivity index (χ4v) is 4.32. The number of aromatic nitrogens is 4. The molecule has 4 aromatic rings. The molecule has 7 nitrogen and oxygen atoms in total. The summed E-state index contributed by atoms with van der Waals surface area (Å²) in [5.41, 5.74) is 9.64. The third-order valence-corrected chi connectivity index (χ3v) is 6.17. The number of nitrogens with two attached hydrogens (primary N) is 1. The van der Waals surface area contributed by atoms with Crippen LogP contribution in [0.2, 0.25) is 5.02 Å². The predicted octanol–water partition coefficient (Wildman–Crippen LogP) is 5.59.